The van der Waals surface area contributed by atoms with E-state index in [1.54, 1.807) is 17.0 Å². The van der Waals surface area contributed by atoms with Crippen molar-refractivity contribution in [2.45, 2.75) is 6.42 Å². The van der Waals surface area contributed by atoms with Gasteiger partial charge in [0, 0.05) is 32.2 Å². The molecule has 1 saturated heterocycles. The van der Waals surface area contributed by atoms with Gasteiger partial charge in [0.25, 0.3) is 5.91 Å². The average Bonchev–Trinajstić information content (AvgIpc) is 2.72. The van der Waals surface area contributed by atoms with Gasteiger partial charge in [-0.3, -0.25) is 9.69 Å². The maximum atomic E-state index is 12.5. The summed E-state index contributed by atoms with van der Waals surface area (Å²) in [6, 6.07) is 4.71. The molecule has 6 heteroatoms. The van der Waals surface area contributed by atoms with Crippen molar-refractivity contribution in [1.29, 1.82) is 0 Å². The number of rotatable bonds is 4. The Bertz CT molecular complexity index is 493. The van der Waals surface area contributed by atoms with Crippen molar-refractivity contribution in [3.63, 3.8) is 0 Å². The highest BCUT2D eigenvalue weighted by Crippen LogP contribution is 2.25. The van der Waals surface area contributed by atoms with Gasteiger partial charge in [-0.15, -0.1) is 0 Å². The van der Waals surface area contributed by atoms with Crippen molar-refractivity contribution in [2.75, 3.05) is 46.4 Å². The monoisotopic (exact) mass is 294 g/mol. The van der Waals surface area contributed by atoms with Crippen molar-refractivity contribution in [1.82, 2.24) is 9.80 Å². The molecule has 0 aromatic heterocycles. The summed E-state index contributed by atoms with van der Waals surface area (Å²) in [5, 5.41) is 18.9. The molecule has 0 saturated carbocycles. The standard InChI is InChI=1S/C15H22N2O4/c1-21-12-3-4-13(14(19)11-12)15(20)17-6-2-5-16(7-8-17)9-10-18/h3-4,11,18-19H,2,5-10H2,1H3. The minimum atomic E-state index is -0.166. The Morgan fingerprint density at radius 3 is 2.76 bits per heavy atom. The van der Waals surface area contributed by atoms with Crippen LogP contribution in [0.2, 0.25) is 0 Å². The lowest BCUT2D eigenvalue weighted by molar-refractivity contribution is 0.0757. The Morgan fingerprint density at radius 1 is 1.29 bits per heavy atom. The highest BCUT2D eigenvalue weighted by atomic mass is 16.5. The van der Waals surface area contributed by atoms with Crippen LogP contribution in [0.15, 0.2) is 18.2 Å². The van der Waals surface area contributed by atoms with Crippen LogP contribution in [0.3, 0.4) is 0 Å². The molecule has 1 aromatic rings. The molecule has 21 heavy (non-hydrogen) atoms. The number of methoxy groups -OCH3 is 1. The highest BCUT2D eigenvalue weighted by Gasteiger charge is 2.22. The SMILES string of the molecule is COc1ccc(C(=O)N2CCCN(CCO)CC2)c(O)c1. The maximum Gasteiger partial charge on any atom is 0.257 e. The molecule has 0 spiro atoms. The van der Waals surface area contributed by atoms with E-state index in [0.717, 1.165) is 19.5 Å². The molecule has 0 atom stereocenters. The summed E-state index contributed by atoms with van der Waals surface area (Å²) in [7, 11) is 1.51. The molecule has 2 rings (SSSR count). The van der Waals surface area contributed by atoms with E-state index in [4.69, 9.17) is 9.84 Å². The predicted octanol–water partition coefficient (Wildman–Crippen LogP) is 0.541. The van der Waals surface area contributed by atoms with Gasteiger partial charge in [-0.25, -0.2) is 0 Å². The molecular weight excluding hydrogens is 272 g/mol. The number of amides is 1. The van der Waals surface area contributed by atoms with Crippen LogP contribution in [0.25, 0.3) is 0 Å². The number of benzene rings is 1. The minimum absolute atomic E-state index is 0.0594. The Morgan fingerprint density at radius 2 is 2.10 bits per heavy atom. The minimum Gasteiger partial charge on any atom is -0.507 e. The number of aliphatic hydroxyl groups is 1. The van der Waals surface area contributed by atoms with E-state index in [1.165, 1.54) is 13.2 Å². The van der Waals surface area contributed by atoms with E-state index >= 15 is 0 Å². The Balaban J connectivity index is 2.06. The number of aromatic hydroxyl groups is 1. The van der Waals surface area contributed by atoms with Crippen molar-refractivity contribution in [3.8, 4) is 11.5 Å². The first-order chi connectivity index (χ1) is 10.2. The van der Waals surface area contributed by atoms with E-state index in [1.807, 2.05) is 0 Å². The Hall–Kier alpha value is -1.79. The fraction of sp³-hybridized carbons (Fsp3) is 0.533. The van der Waals surface area contributed by atoms with Crippen molar-refractivity contribution in [2.24, 2.45) is 0 Å². The number of carbonyl (C=O) groups excluding carboxylic acids is 1. The van der Waals surface area contributed by atoms with Crippen LogP contribution in [0.5, 0.6) is 11.5 Å². The second kappa shape index (κ2) is 7.28. The van der Waals surface area contributed by atoms with E-state index in [2.05, 4.69) is 4.90 Å². The largest absolute Gasteiger partial charge is 0.507 e. The number of β-amino-alcohol motifs (C(OH)–C–C–N with tert-alkyl or cyclic N) is 1. The number of phenols is 1. The van der Waals surface area contributed by atoms with Crippen molar-refractivity contribution >= 4 is 5.91 Å². The topological polar surface area (TPSA) is 73.2 Å². The summed E-state index contributed by atoms with van der Waals surface area (Å²) in [6.07, 6.45) is 0.864. The average molecular weight is 294 g/mol. The summed E-state index contributed by atoms with van der Waals surface area (Å²) in [6.45, 7) is 3.64. The van der Waals surface area contributed by atoms with Crippen molar-refractivity contribution < 1.29 is 19.7 Å². The van der Waals surface area contributed by atoms with Crippen molar-refractivity contribution in [3.05, 3.63) is 23.8 Å². The maximum absolute atomic E-state index is 12.5. The van der Waals surface area contributed by atoms with Crippen LogP contribution >= 0.6 is 0 Å². The number of hydrogen-bond donors (Lipinski definition) is 2. The van der Waals surface area contributed by atoms with Gasteiger partial charge < -0.3 is 19.8 Å². The molecule has 6 nitrogen and oxygen atoms in total. The van der Waals surface area contributed by atoms with Crippen LogP contribution in [-0.4, -0.2) is 72.4 Å². The lowest BCUT2D eigenvalue weighted by Gasteiger charge is -2.22. The van der Waals surface area contributed by atoms with E-state index in [0.29, 0.717) is 30.9 Å². The zero-order chi connectivity index (χ0) is 15.2. The molecule has 1 heterocycles. The van der Waals surface area contributed by atoms with Gasteiger partial charge in [-0.2, -0.15) is 0 Å². The van der Waals surface area contributed by atoms with E-state index in [9.17, 15) is 9.90 Å². The lowest BCUT2D eigenvalue weighted by atomic mass is 10.1. The fourth-order valence-electron chi connectivity index (χ4n) is 2.53. The zero-order valence-corrected chi connectivity index (χ0v) is 12.3. The zero-order valence-electron chi connectivity index (χ0n) is 12.3. The third kappa shape index (κ3) is 3.86. The fourth-order valence-corrected chi connectivity index (χ4v) is 2.53. The molecule has 0 radical (unpaired) electrons. The predicted molar refractivity (Wildman–Crippen MR) is 78.7 cm³/mol. The number of ether oxygens (including phenoxy) is 1. The molecular formula is C15H22N2O4. The van der Waals surface area contributed by atoms with Gasteiger partial charge in [0.15, 0.2) is 0 Å². The number of aliphatic hydroxyl groups excluding tert-OH is 1. The van der Waals surface area contributed by atoms with Crippen LogP contribution in [0, 0.1) is 0 Å². The highest BCUT2D eigenvalue weighted by molar-refractivity contribution is 5.97. The first kappa shape index (κ1) is 15.6. The molecule has 0 aliphatic carbocycles. The Kier molecular flexibility index (Phi) is 5.41. The summed E-state index contributed by atoms with van der Waals surface area (Å²) >= 11 is 0. The molecule has 0 bridgehead atoms. The molecule has 1 amide bonds. The normalized spacial score (nSPS) is 16.6. The second-order valence-electron chi connectivity index (χ2n) is 5.09. The van der Waals surface area contributed by atoms with E-state index < -0.39 is 0 Å². The molecule has 1 aliphatic rings. The molecule has 1 fully saturated rings. The van der Waals surface area contributed by atoms with Gasteiger partial charge in [-0.1, -0.05) is 0 Å². The molecule has 116 valence electrons. The third-order valence-corrected chi connectivity index (χ3v) is 3.73. The molecule has 1 aliphatic heterocycles. The van der Waals surface area contributed by atoms with Gasteiger partial charge in [0.1, 0.15) is 11.5 Å². The van der Waals surface area contributed by atoms with Gasteiger partial charge >= 0.3 is 0 Å². The van der Waals surface area contributed by atoms with Gasteiger partial charge in [0.2, 0.25) is 0 Å². The summed E-state index contributed by atoms with van der Waals surface area (Å²) < 4.78 is 5.02. The Labute approximate surface area is 124 Å². The first-order valence-electron chi connectivity index (χ1n) is 7.15. The van der Waals surface area contributed by atoms with E-state index in [-0.39, 0.29) is 18.3 Å². The summed E-state index contributed by atoms with van der Waals surface area (Å²) in [4.78, 5) is 16.4. The number of hydrogen-bond acceptors (Lipinski definition) is 5. The first-order valence-corrected chi connectivity index (χ1v) is 7.15. The second-order valence-corrected chi connectivity index (χ2v) is 5.09. The molecule has 0 unspecified atom stereocenters. The molecule has 2 N–H and O–H groups in total. The number of carbonyl (C=O) groups is 1. The quantitative estimate of drug-likeness (QED) is 0.848. The molecule has 1 aromatic carbocycles. The van der Waals surface area contributed by atoms with Gasteiger partial charge in [-0.05, 0) is 25.1 Å². The summed E-state index contributed by atoms with van der Waals surface area (Å²) in [5.41, 5.74) is 0.298. The van der Waals surface area contributed by atoms with Crippen LogP contribution < -0.4 is 4.74 Å². The van der Waals surface area contributed by atoms with Crippen LogP contribution in [0.4, 0.5) is 0 Å². The smallest absolute Gasteiger partial charge is 0.257 e. The summed E-state index contributed by atoms with van der Waals surface area (Å²) in [5.74, 6) is 0.297. The lowest BCUT2D eigenvalue weighted by Crippen LogP contribution is -2.35. The third-order valence-electron chi connectivity index (χ3n) is 3.73. The van der Waals surface area contributed by atoms with Gasteiger partial charge in [0.05, 0.1) is 19.3 Å². The number of phenolic OH excluding ortho intramolecular Hbond substituents is 1. The number of nitrogens with zero attached hydrogens (tertiary/aromatic N) is 2. The van der Waals surface area contributed by atoms with Crippen LogP contribution in [-0.2, 0) is 0 Å². The van der Waals surface area contributed by atoms with Crippen LogP contribution in [0.1, 0.15) is 16.8 Å².